The third-order valence-electron chi connectivity index (χ3n) is 8.06. The summed E-state index contributed by atoms with van der Waals surface area (Å²) in [6, 6.07) is 14.5. The van der Waals surface area contributed by atoms with Gasteiger partial charge in [-0.3, -0.25) is 19.3 Å². The number of carbonyl (C=O) groups is 2. The molecule has 4 aliphatic rings. The number of nitrogens with zero attached hydrogens (tertiary/aromatic N) is 1. The molecule has 6 unspecified atom stereocenters. The smallest absolute Gasteiger partial charge is 0.305 e. The lowest BCUT2D eigenvalue weighted by atomic mass is 9.68. The van der Waals surface area contributed by atoms with E-state index < -0.39 is 0 Å². The number of rotatable bonds is 2. The summed E-state index contributed by atoms with van der Waals surface area (Å²) in [5.41, 5.74) is 1.66. The standard InChI is InChI=1S/C25H19BrN2O4S2/c26-11-3-5-12(6-4-11)28-23(30)18-14-9-15(19(18)24(28)31)20-17(14)16(10-1-7-13(29)8-2-10)21-22(33-20)27-25(32)34-21/h1-8,14-20,29H,9H2,(H,27,32)/t14?,15?,16-,17?,18?,19?,20?/m1/s1. The van der Waals surface area contributed by atoms with E-state index in [4.69, 9.17) is 0 Å². The number of anilines is 1. The van der Waals surface area contributed by atoms with Crippen molar-refractivity contribution < 1.29 is 14.7 Å². The number of halogens is 1. The lowest BCUT2D eigenvalue weighted by Gasteiger charge is -2.43. The summed E-state index contributed by atoms with van der Waals surface area (Å²) in [5.74, 6) is -0.315. The van der Waals surface area contributed by atoms with Crippen molar-refractivity contribution in [1.29, 1.82) is 0 Å². The van der Waals surface area contributed by atoms with Crippen LogP contribution in [0.25, 0.3) is 0 Å². The number of aromatic nitrogens is 1. The summed E-state index contributed by atoms with van der Waals surface area (Å²) >= 11 is 6.34. The van der Waals surface area contributed by atoms with Gasteiger partial charge in [-0.1, -0.05) is 39.4 Å². The fourth-order valence-corrected chi connectivity index (χ4v) is 10.1. The highest BCUT2D eigenvalue weighted by Gasteiger charge is 2.69. The van der Waals surface area contributed by atoms with E-state index in [1.54, 1.807) is 23.9 Å². The monoisotopic (exact) mass is 554 g/mol. The molecule has 7 atom stereocenters. The molecular weight excluding hydrogens is 536 g/mol. The van der Waals surface area contributed by atoms with Gasteiger partial charge in [0, 0.05) is 20.5 Å². The molecule has 2 aliphatic carbocycles. The van der Waals surface area contributed by atoms with Crippen LogP contribution in [0.5, 0.6) is 5.75 Å². The highest BCUT2D eigenvalue weighted by molar-refractivity contribution is 9.10. The number of fused-ring (bicyclic) bond motifs is 9. The van der Waals surface area contributed by atoms with Crippen LogP contribution in [-0.4, -0.2) is 27.2 Å². The molecule has 2 aromatic carbocycles. The van der Waals surface area contributed by atoms with Crippen LogP contribution in [-0.2, 0) is 9.59 Å². The van der Waals surface area contributed by atoms with E-state index in [-0.39, 0.29) is 63.2 Å². The average Bonchev–Trinajstić information content (AvgIpc) is 3.54. The van der Waals surface area contributed by atoms with Crippen LogP contribution in [0, 0.1) is 29.6 Å². The van der Waals surface area contributed by atoms with Gasteiger partial charge in [0.05, 0.1) is 22.5 Å². The van der Waals surface area contributed by atoms with Gasteiger partial charge in [0.15, 0.2) is 0 Å². The van der Waals surface area contributed by atoms with Crippen molar-refractivity contribution in [3.8, 4) is 5.75 Å². The summed E-state index contributed by atoms with van der Waals surface area (Å²) in [6.45, 7) is 0. The second kappa shape index (κ2) is 7.32. The molecule has 2 bridgehead atoms. The first-order valence-electron chi connectivity index (χ1n) is 11.2. The Kier molecular flexibility index (Phi) is 4.51. The largest absolute Gasteiger partial charge is 0.508 e. The summed E-state index contributed by atoms with van der Waals surface area (Å²) in [6.07, 6.45) is 0.858. The third-order valence-corrected chi connectivity index (χ3v) is 11.2. The molecule has 172 valence electrons. The van der Waals surface area contributed by atoms with Crippen molar-refractivity contribution in [1.82, 2.24) is 4.98 Å². The fraction of sp³-hybridized carbons (Fsp3) is 0.320. The Morgan fingerprint density at radius 1 is 0.941 bits per heavy atom. The first-order chi connectivity index (χ1) is 16.4. The van der Waals surface area contributed by atoms with Crippen molar-refractivity contribution in [2.75, 3.05) is 4.90 Å². The van der Waals surface area contributed by atoms with Crippen molar-refractivity contribution in [2.45, 2.75) is 22.6 Å². The number of imide groups is 1. The predicted molar refractivity (Wildman–Crippen MR) is 133 cm³/mol. The van der Waals surface area contributed by atoms with E-state index in [1.165, 1.54) is 16.2 Å². The number of H-pyrrole nitrogens is 1. The summed E-state index contributed by atoms with van der Waals surface area (Å²) in [7, 11) is 0. The Hall–Kier alpha value is -2.36. The van der Waals surface area contributed by atoms with Gasteiger partial charge in [-0.25, -0.2) is 0 Å². The van der Waals surface area contributed by atoms with E-state index in [2.05, 4.69) is 20.9 Å². The minimum Gasteiger partial charge on any atom is -0.508 e. The molecule has 9 heteroatoms. The predicted octanol–water partition coefficient (Wildman–Crippen LogP) is 4.58. The molecular formula is C25H19BrN2O4S2. The number of amides is 2. The maximum absolute atomic E-state index is 13.7. The van der Waals surface area contributed by atoms with Gasteiger partial charge in [0.1, 0.15) is 5.75 Å². The molecule has 1 saturated heterocycles. The Morgan fingerprint density at radius 3 is 2.32 bits per heavy atom. The van der Waals surface area contributed by atoms with Crippen molar-refractivity contribution in [3.63, 3.8) is 0 Å². The number of thioether (sulfide) groups is 1. The number of aromatic amines is 1. The first kappa shape index (κ1) is 21.0. The number of hydrogen-bond acceptors (Lipinski definition) is 6. The number of benzene rings is 2. The van der Waals surface area contributed by atoms with Crippen LogP contribution in [0.1, 0.15) is 22.8 Å². The van der Waals surface area contributed by atoms with Crippen LogP contribution >= 0.6 is 39.0 Å². The Labute approximate surface area is 211 Å². The Bertz CT molecular complexity index is 1400. The first-order valence-corrected chi connectivity index (χ1v) is 13.7. The molecule has 0 radical (unpaired) electrons. The van der Waals surface area contributed by atoms with Crippen LogP contribution < -0.4 is 9.77 Å². The summed E-state index contributed by atoms with van der Waals surface area (Å²) < 4.78 is 0.898. The molecule has 2 amide bonds. The van der Waals surface area contributed by atoms with Crippen molar-refractivity contribution in [2.24, 2.45) is 29.6 Å². The molecule has 2 saturated carbocycles. The van der Waals surface area contributed by atoms with Crippen molar-refractivity contribution >= 4 is 56.5 Å². The van der Waals surface area contributed by atoms with Gasteiger partial charge in [-0.2, -0.15) is 0 Å². The van der Waals surface area contributed by atoms with Gasteiger partial charge in [-0.15, -0.1) is 11.8 Å². The molecule has 6 nitrogen and oxygen atoms in total. The van der Waals surface area contributed by atoms with Gasteiger partial charge in [-0.05, 0) is 66.1 Å². The molecule has 1 aromatic heterocycles. The zero-order valence-electron chi connectivity index (χ0n) is 17.7. The molecule has 2 N–H and O–H groups in total. The quantitative estimate of drug-likeness (QED) is 0.452. The zero-order chi connectivity index (χ0) is 23.3. The number of phenols is 1. The van der Waals surface area contributed by atoms with Gasteiger partial charge >= 0.3 is 4.87 Å². The van der Waals surface area contributed by atoms with Crippen molar-refractivity contribution in [3.05, 3.63) is 73.1 Å². The number of aromatic hydroxyl groups is 1. The lowest BCUT2D eigenvalue weighted by Crippen LogP contribution is -2.42. The molecule has 2 aliphatic heterocycles. The summed E-state index contributed by atoms with van der Waals surface area (Å²) in [4.78, 5) is 44.9. The number of nitrogens with one attached hydrogen (secondary N) is 1. The molecule has 0 spiro atoms. The van der Waals surface area contributed by atoms with E-state index in [0.717, 1.165) is 26.4 Å². The lowest BCUT2D eigenvalue weighted by molar-refractivity contribution is -0.123. The van der Waals surface area contributed by atoms with E-state index in [9.17, 15) is 19.5 Å². The molecule has 3 heterocycles. The van der Waals surface area contributed by atoms with Gasteiger partial charge < -0.3 is 10.1 Å². The highest BCUT2D eigenvalue weighted by atomic mass is 79.9. The SMILES string of the molecule is O=C1C2C3CC(C2C(=O)N1c1ccc(Br)cc1)C1C3Sc2[nH]c(=O)sc2[C@@H]1c1ccc(O)cc1. The summed E-state index contributed by atoms with van der Waals surface area (Å²) in [5, 5.41) is 10.9. The topological polar surface area (TPSA) is 90.5 Å². The maximum atomic E-state index is 13.7. The van der Waals surface area contributed by atoms with Crippen LogP contribution in [0.3, 0.4) is 0 Å². The second-order valence-corrected chi connectivity index (χ2v) is 12.7. The molecule has 7 rings (SSSR count). The van der Waals surface area contributed by atoms with Crippen LogP contribution in [0.4, 0.5) is 5.69 Å². The minimum atomic E-state index is -0.320. The van der Waals surface area contributed by atoms with E-state index in [0.29, 0.717) is 5.69 Å². The van der Waals surface area contributed by atoms with Crippen LogP contribution in [0.2, 0.25) is 0 Å². The van der Waals surface area contributed by atoms with Crippen LogP contribution in [0.15, 0.2) is 62.8 Å². The van der Waals surface area contributed by atoms with Gasteiger partial charge in [0.2, 0.25) is 11.8 Å². The highest BCUT2D eigenvalue weighted by Crippen LogP contribution is 2.68. The maximum Gasteiger partial charge on any atom is 0.305 e. The Balaban J connectivity index is 1.32. The molecule has 3 fully saturated rings. The normalized spacial score (nSPS) is 33.2. The number of hydrogen-bond donors (Lipinski definition) is 2. The van der Waals surface area contributed by atoms with Gasteiger partial charge in [0.25, 0.3) is 0 Å². The fourth-order valence-electron chi connectivity index (χ4n) is 6.92. The van der Waals surface area contributed by atoms with E-state index >= 15 is 0 Å². The number of carbonyl (C=O) groups excluding carboxylic acids is 2. The average molecular weight is 555 g/mol. The Morgan fingerprint density at radius 2 is 1.62 bits per heavy atom. The second-order valence-electron chi connectivity index (χ2n) is 9.54. The minimum absolute atomic E-state index is 0.0358. The third kappa shape index (κ3) is 2.77. The molecule has 34 heavy (non-hydrogen) atoms. The zero-order valence-corrected chi connectivity index (χ0v) is 20.9. The number of thiazole rings is 1. The number of phenolic OH excluding ortho intramolecular Hbond substituents is 1. The van der Waals surface area contributed by atoms with E-state index in [1.807, 2.05) is 36.4 Å². The molecule has 3 aromatic rings.